The number of nitrogens with zero attached hydrogens (tertiary/aromatic N) is 2. The van der Waals surface area contributed by atoms with E-state index in [9.17, 15) is 0 Å². The number of aryl methyl sites for hydroxylation is 1. The number of benzene rings is 2. The minimum absolute atomic E-state index is 0.577. The summed E-state index contributed by atoms with van der Waals surface area (Å²) >= 11 is 6.07. The van der Waals surface area contributed by atoms with Crippen molar-refractivity contribution in [1.29, 1.82) is 0 Å². The first kappa shape index (κ1) is 17.2. The Hall–Kier alpha value is -2.59. The van der Waals surface area contributed by atoms with Gasteiger partial charge < -0.3 is 10.1 Å². The number of hydrogen-bond acceptors (Lipinski definition) is 4. The molecule has 0 bridgehead atoms. The molecule has 3 rings (SSSR count). The molecule has 0 fully saturated rings. The molecule has 0 saturated heterocycles. The van der Waals surface area contributed by atoms with Crippen LogP contribution in [0.15, 0.2) is 54.9 Å². The van der Waals surface area contributed by atoms with Gasteiger partial charge in [0.1, 0.15) is 5.75 Å². The van der Waals surface area contributed by atoms with Crippen LogP contribution in [0.1, 0.15) is 18.9 Å². The summed E-state index contributed by atoms with van der Waals surface area (Å²) in [5.41, 5.74) is 4.17. The van der Waals surface area contributed by atoms with E-state index in [0.29, 0.717) is 16.7 Å². The second kappa shape index (κ2) is 7.99. The smallest absolute Gasteiger partial charge is 0.227 e. The van der Waals surface area contributed by atoms with Crippen molar-refractivity contribution in [3.8, 4) is 16.9 Å². The third-order valence-corrected chi connectivity index (χ3v) is 4.23. The average molecular weight is 354 g/mol. The Bertz CT molecular complexity index is 850. The van der Waals surface area contributed by atoms with Crippen molar-refractivity contribution in [1.82, 2.24) is 9.97 Å². The van der Waals surface area contributed by atoms with Crippen LogP contribution < -0.4 is 10.1 Å². The molecule has 0 aliphatic rings. The van der Waals surface area contributed by atoms with E-state index < -0.39 is 0 Å². The van der Waals surface area contributed by atoms with E-state index in [1.165, 1.54) is 5.56 Å². The SMILES string of the molecule is CCCc1ccccc1Nc1ncc(-c2ccc(Cl)c(OC)c2)cn1. The third kappa shape index (κ3) is 4.09. The van der Waals surface area contributed by atoms with Crippen LogP contribution in [0.25, 0.3) is 11.1 Å². The predicted octanol–water partition coefficient (Wildman–Crippen LogP) is 5.50. The summed E-state index contributed by atoms with van der Waals surface area (Å²) in [5, 5.41) is 3.88. The minimum Gasteiger partial charge on any atom is -0.495 e. The molecule has 25 heavy (non-hydrogen) atoms. The fraction of sp³-hybridized carbons (Fsp3) is 0.200. The Morgan fingerprint density at radius 3 is 2.52 bits per heavy atom. The van der Waals surface area contributed by atoms with E-state index in [4.69, 9.17) is 16.3 Å². The van der Waals surface area contributed by atoms with E-state index in [2.05, 4.69) is 28.3 Å². The van der Waals surface area contributed by atoms with Gasteiger partial charge >= 0.3 is 0 Å². The molecule has 0 aliphatic heterocycles. The first-order valence-electron chi connectivity index (χ1n) is 8.22. The quantitative estimate of drug-likeness (QED) is 0.635. The van der Waals surface area contributed by atoms with Crippen LogP contribution in [0, 0.1) is 0 Å². The number of nitrogens with one attached hydrogen (secondary N) is 1. The van der Waals surface area contributed by atoms with Crippen LogP contribution in [0.5, 0.6) is 5.75 Å². The molecular weight excluding hydrogens is 334 g/mol. The average Bonchev–Trinajstić information content (AvgIpc) is 2.65. The van der Waals surface area contributed by atoms with Crippen LogP contribution >= 0.6 is 11.6 Å². The molecule has 3 aromatic rings. The molecular formula is C20H20ClN3O. The van der Waals surface area contributed by atoms with Crippen molar-refractivity contribution in [2.45, 2.75) is 19.8 Å². The molecule has 0 radical (unpaired) electrons. The highest BCUT2D eigenvalue weighted by atomic mass is 35.5. The lowest BCUT2D eigenvalue weighted by molar-refractivity contribution is 0.415. The monoisotopic (exact) mass is 353 g/mol. The van der Waals surface area contributed by atoms with Crippen LogP contribution in [-0.4, -0.2) is 17.1 Å². The largest absolute Gasteiger partial charge is 0.495 e. The minimum atomic E-state index is 0.577. The molecule has 4 nitrogen and oxygen atoms in total. The van der Waals surface area contributed by atoms with Crippen molar-refractivity contribution >= 4 is 23.2 Å². The lowest BCUT2D eigenvalue weighted by Crippen LogP contribution is -2.00. The highest BCUT2D eigenvalue weighted by Crippen LogP contribution is 2.30. The lowest BCUT2D eigenvalue weighted by Gasteiger charge is -2.11. The Morgan fingerprint density at radius 1 is 1.04 bits per heavy atom. The highest BCUT2D eigenvalue weighted by Gasteiger charge is 2.07. The van der Waals surface area contributed by atoms with Gasteiger partial charge in [-0.25, -0.2) is 9.97 Å². The molecule has 0 atom stereocenters. The number of aromatic nitrogens is 2. The molecule has 5 heteroatoms. The molecule has 128 valence electrons. The summed E-state index contributed by atoms with van der Waals surface area (Å²) in [7, 11) is 1.60. The number of rotatable bonds is 6. The second-order valence-electron chi connectivity index (χ2n) is 5.68. The maximum atomic E-state index is 6.07. The molecule has 0 saturated carbocycles. The first-order chi connectivity index (χ1) is 12.2. The molecule has 1 heterocycles. The summed E-state index contributed by atoms with van der Waals surface area (Å²) < 4.78 is 5.26. The van der Waals surface area contributed by atoms with Crippen molar-refractivity contribution in [2.24, 2.45) is 0 Å². The van der Waals surface area contributed by atoms with Gasteiger partial charge in [-0.3, -0.25) is 0 Å². The third-order valence-electron chi connectivity index (χ3n) is 3.92. The standard InChI is InChI=1S/C20H20ClN3O/c1-3-6-14-7-4-5-8-18(14)24-20-22-12-16(13-23-20)15-9-10-17(21)19(11-15)25-2/h4-5,7-13H,3,6H2,1-2H3,(H,22,23,24). The zero-order valence-electron chi connectivity index (χ0n) is 14.3. The molecule has 1 aromatic heterocycles. The van der Waals surface area contributed by atoms with Crippen molar-refractivity contribution in [3.05, 3.63) is 65.4 Å². The van der Waals surface area contributed by atoms with Gasteiger partial charge in [-0.15, -0.1) is 0 Å². The number of halogens is 1. The fourth-order valence-electron chi connectivity index (χ4n) is 2.63. The molecule has 1 N–H and O–H groups in total. The van der Waals surface area contributed by atoms with Gasteiger partial charge in [0.15, 0.2) is 0 Å². The zero-order valence-corrected chi connectivity index (χ0v) is 15.0. The topological polar surface area (TPSA) is 47.0 Å². The molecule has 2 aromatic carbocycles. The van der Waals surface area contributed by atoms with Gasteiger partial charge in [0, 0.05) is 23.6 Å². The Morgan fingerprint density at radius 2 is 1.80 bits per heavy atom. The van der Waals surface area contributed by atoms with E-state index in [-0.39, 0.29) is 0 Å². The van der Waals surface area contributed by atoms with Crippen LogP contribution in [0.4, 0.5) is 11.6 Å². The van der Waals surface area contributed by atoms with E-state index in [0.717, 1.165) is 29.7 Å². The van der Waals surface area contributed by atoms with Crippen molar-refractivity contribution < 1.29 is 4.74 Å². The van der Waals surface area contributed by atoms with Gasteiger partial charge in [-0.05, 0) is 35.7 Å². The van der Waals surface area contributed by atoms with Gasteiger partial charge in [0.2, 0.25) is 5.95 Å². The summed E-state index contributed by atoms with van der Waals surface area (Å²) in [4.78, 5) is 8.87. The summed E-state index contributed by atoms with van der Waals surface area (Å²) in [6.07, 6.45) is 5.70. The number of anilines is 2. The van der Waals surface area contributed by atoms with Crippen LogP contribution in [0.3, 0.4) is 0 Å². The highest BCUT2D eigenvalue weighted by molar-refractivity contribution is 6.32. The van der Waals surface area contributed by atoms with Gasteiger partial charge in [-0.1, -0.05) is 49.2 Å². The molecule has 0 aliphatic carbocycles. The van der Waals surface area contributed by atoms with Crippen molar-refractivity contribution in [2.75, 3.05) is 12.4 Å². The molecule has 0 spiro atoms. The fourth-order valence-corrected chi connectivity index (χ4v) is 2.83. The predicted molar refractivity (Wildman–Crippen MR) is 103 cm³/mol. The summed E-state index contributed by atoms with van der Waals surface area (Å²) in [5.74, 6) is 1.21. The first-order valence-corrected chi connectivity index (χ1v) is 8.60. The van der Waals surface area contributed by atoms with Gasteiger partial charge in [0.25, 0.3) is 0 Å². The maximum Gasteiger partial charge on any atom is 0.227 e. The Kier molecular flexibility index (Phi) is 5.51. The van der Waals surface area contributed by atoms with Crippen molar-refractivity contribution in [3.63, 3.8) is 0 Å². The maximum absolute atomic E-state index is 6.07. The van der Waals surface area contributed by atoms with E-state index in [1.807, 2.05) is 36.4 Å². The Balaban J connectivity index is 1.81. The number of para-hydroxylation sites is 1. The van der Waals surface area contributed by atoms with Crippen LogP contribution in [0.2, 0.25) is 5.02 Å². The number of ether oxygens (including phenoxy) is 1. The second-order valence-corrected chi connectivity index (χ2v) is 6.08. The van der Waals surface area contributed by atoms with E-state index >= 15 is 0 Å². The van der Waals surface area contributed by atoms with Crippen LogP contribution in [-0.2, 0) is 6.42 Å². The summed E-state index contributed by atoms with van der Waals surface area (Å²) in [6, 6.07) is 13.8. The lowest BCUT2D eigenvalue weighted by atomic mass is 10.1. The molecule has 0 unspecified atom stereocenters. The zero-order chi connectivity index (χ0) is 17.6. The number of hydrogen-bond donors (Lipinski definition) is 1. The summed E-state index contributed by atoms with van der Waals surface area (Å²) in [6.45, 7) is 2.17. The number of methoxy groups -OCH3 is 1. The molecule has 0 amide bonds. The normalized spacial score (nSPS) is 10.5. The van der Waals surface area contributed by atoms with E-state index in [1.54, 1.807) is 19.5 Å². The van der Waals surface area contributed by atoms with Gasteiger partial charge in [0.05, 0.1) is 12.1 Å². The van der Waals surface area contributed by atoms with Gasteiger partial charge in [-0.2, -0.15) is 0 Å². The Labute approximate surface area is 152 Å².